The average molecular weight is 581 g/mol. The molecule has 1 aromatic heterocycles. The summed E-state index contributed by atoms with van der Waals surface area (Å²) in [5, 5.41) is 19.0. The fourth-order valence-electron chi connectivity index (χ4n) is 7.25. The molecule has 1 N–H and O–H groups in total. The quantitative estimate of drug-likeness (QED) is 0.407. The van der Waals surface area contributed by atoms with Crippen LogP contribution in [0.1, 0.15) is 33.6 Å². The van der Waals surface area contributed by atoms with Crippen LogP contribution in [0.4, 0.5) is 0 Å². The lowest BCUT2D eigenvalue weighted by Crippen LogP contribution is -2.58. The van der Waals surface area contributed by atoms with Gasteiger partial charge in [-0.3, -0.25) is 14.4 Å². The van der Waals surface area contributed by atoms with Gasteiger partial charge in [0.05, 0.1) is 34.7 Å². The molecule has 3 amide bonds. The Morgan fingerprint density at radius 1 is 1.20 bits per heavy atom. The van der Waals surface area contributed by atoms with Crippen molar-refractivity contribution in [1.82, 2.24) is 29.7 Å². The maximum atomic E-state index is 14.8. The van der Waals surface area contributed by atoms with Gasteiger partial charge in [0.1, 0.15) is 18.2 Å². The molecule has 1 spiro atoms. The van der Waals surface area contributed by atoms with E-state index in [0.717, 1.165) is 17.5 Å². The summed E-state index contributed by atoms with van der Waals surface area (Å²) in [6.07, 6.45) is 4.69. The maximum Gasteiger partial charge on any atom is 0.248 e. The Kier molecular flexibility index (Phi) is 7.80. The van der Waals surface area contributed by atoms with Crippen LogP contribution in [0.3, 0.4) is 0 Å². The minimum Gasteiger partial charge on any atom is -0.394 e. The van der Waals surface area contributed by atoms with Crippen molar-refractivity contribution in [2.75, 3.05) is 26.7 Å². The zero-order valence-corrected chi connectivity index (χ0v) is 25.1. The van der Waals surface area contributed by atoms with E-state index in [9.17, 15) is 19.5 Å². The van der Waals surface area contributed by atoms with Crippen LogP contribution >= 0.6 is 11.8 Å². The molecule has 0 aliphatic carbocycles. The highest BCUT2D eigenvalue weighted by atomic mass is 32.2. The van der Waals surface area contributed by atoms with Gasteiger partial charge in [-0.15, -0.1) is 30.0 Å². The summed E-state index contributed by atoms with van der Waals surface area (Å²) < 4.78 is 0.413. The Morgan fingerprint density at radius 2 is 1.90 bits per heavy atom. The Balaban J connectivity index is 1.59. The number of benzene rings is 1. The first-order chi connectivity index (χ1) is 19.5. The monoisotopic (exact) mass is 580 g/mol. The van der Waals surface area contributed by atoms with Gasteiger partial charge in [0.25, 0.3) is 0 Å². The molecule has 10 nitrogen and oxygen atoms in total. The number of carbonyl (C=O) groups is 3. The Morgan fingerprint density at radius 3 is 2.56 bits per heavy atom. The Labute approximate surface area is 245 Å². The summed E-state index contributed by atoms with van der Waals surface area (Å²) in [4.78, 5) is 48.0. The Bertz CT molecular complexity index is 1380. The number of hydrogen-bond acceptors (Lipinski definition) is 7. The maximum absolute atomic E-state index is 14.8. The normalized spacial score (nSPS) is 29.2. The number of aromatic nitrogens is 3. The van der Waals surface area contributed by atoms with Crippen molar-refractivity contribution < 1.29 is 19.5 Å². The van der Waals surface area contributed by atoms with E-state index < -0.39 is 33.4 Å². The van der Waals surface area contributed by atoms with Crippen molar-refractivity contribution >= 4 is 40.5 Å². The van der Waals surface area contributed by atoms with E-state index in [1.807, 2.05) is 38.1 Å². The van der Waals surface area contributed by atoms with E-state index in [-0.39, 0.29) is 43.5 Å². The number of rotatable bonds is 11. The molecule has 1 aromatic carbocycles. The van der Waals surface area contributed by atoms with Gasteiger partial charge in [0, 0.05) is 24.9 Å². The third-order valence-corrected chi connectivity index (χ3v) is 11.2. The van der Waals surface area contributed by atoms with Gasteiger partial charge in [0.15, 0.2) is 0 Å². The van der Waals surface area contributed by atoms with Crippen LogP contribution in [0.25, 0.3) is 11.0 Å². The molecule has 11 heteroatoms. The van der Waals surface area contributed by atoms with E-state index in [0.29, 0.717) is 13.0 Å². The lowest BCUT2D eigenvalue weighted by Gasteiger charge is -2.40. The number of hydrogen-bond donors (Lipinski definition) is 1. The molecule has 3 aliphatic rings. The molecule has 2 unspecified atom stereocenters. The third-order valence-electron chi connectivity index (χ3n) is 9.19. The van der Waals surface area contributed by atoms with Crippen LogP contribution < -0.4 is 0 Å². The molecule has 0 radical (unpaired) electrons. The summed E-state index contributed by atoms with van der Waals surface area (Å²) in [6, 6.07) is 6.13. The summed E-state index contributed by atoms with van der Waals surface area (Å²) in [5.74, 6) is -1.89. The summed E-state index contributed by atoms with van der Waals surface area (Å²) >= 11 is 1.63. The lowest BCUT2D eigenvalue weighted by atomic mass is 9.66. The number of aliphatic hydroxyl groups excluding tert-OH is 1. The average Bonchev–Trinajstić information content (AvgIpc) is 3.64. The zero-order chi connectivity index (χ0) is 29.7. The Hall–Kier alpha value is -3.18. The highest BCUT2D eigenvalue weighted by Crippen LogP contribution is 2.72. The molecule has 3 saturated heterocycles. The molecule has 6 atom stereocenters. The molecule has 2 aromatic rings. The van der Waals surface area contributed by atoms with E-state index in [2.05, 4.69) is 30.4 Å². The van der Waals surface area contributed by atoms with Crippen molar-refractivity contribution in [3.05, 3.63) is 49.6 Å². The van der Waals surface area contributed by atoms with E-state index in [1.54, 1.807) is 50.3 Å². The van der Waals surface area contributed by atoms with Crippen molar-refractivity contribution in [1.29, 1.82) is 0 Å². The minimum atomic E-state index is -0.844. The minimum absolute atomic E-state index is 0.100. The van der Waals surface area contributed by atoms with Crippen LogP contribution in [0.5, 0.6) is 0 Å². The number of likely N-dealkylation sites (N-methyl/N-ethyl adjacent to an activating group) is 1. The van der Waals surface area contributed by atoms with Gasteiger partial charge in [-0.05, 0) is 37.8 Å². The first-order valence-electron chi connectivity index (χ1n) is 14.2. The largest absolute Gasteiger partial charge is 0.394 e. The van der Waals surface area contributed by atoms with Crippen molar-refractivity contribution in [2.24, 2.45) is 17.8 Å². The number of aliphatic hydroxyl groups is 1. The van der Waals surface area contributed by atoms with Crippen LogP contribution in [-0.2, 0) is 21.1 Å². The van der Waals surface area contributed by atoms with Crippen molar-refractivity contribution in [2.45, 2.75) is 61.9 Å². The highest BCUT2D eigenvalue weighted by molar-refractivity contribution is 8.02. The van der Waals surface area contributed by atoms with E-state index in [4.69, 9.17) is 0 Å². The summed E-state index contributed by atoms with van der Waals surface area (Å²) in [6.45, 7) is 14.1. The molecule has 3 fully saturated rings. The lowest BCUT2D eigenvalue weighted by molar-refractivity contribution is -0.148. The van der Waals surface area contributed by atoms with E-state index in [1.165, 1.54) is 0 Å². The predicted molar refractivity (Wildman–Crippen MR) is 159 cm³/mol. The van der Waals surface area contributed by atoms with Gasteiger partial charge in [-0.1, -0.05) is 43.3 Å². The van der Waals surface area contributed by atoms with Crippen molar-refractivity contribution in [3.8, 4) is 0 Å². The van der Waals surface area contributed by atoms with Crippen molar-refractivity contribution in [3.63, 3.8) is 0 Å². The van der Waals surface area contributed by atoms with Gasteiger partial charge in [-0.2, -0.15) is 0 Å². The first kappa shape index (κ1) is 29.3. The first-order valence-corrected chi connectivity index (χ1v) is 15.0. The van der Waals surface area contributed by atoms with Gasteiger partial charge in [0.2, 0.25) is 17.7 Å². The molecule has 5 rings (SSSR count). The van der Waals surface area contributed by atoms with Gasteiger partial charge in [-0.25, -0.2) is 4.68 Å². The number of amides is 3. The second-order valence-electron chi connectivity index (χ2n) is 12.0. The zero-order valence-electron chi connectivity index (χ0n) is 24.3. The molecular weight excluding hydrogens is 540 g/mol. The van der Waals surface area contributed by atoms with Crippen LogP contribution in [0.15, 0.2) is 49.6 Å². The molecule has 220 valence electrons. The molecule has 3 aliphatic heterocycles. The van der Waals surface area contributed by atoms with Crippen LogP contribution in [0.2, 0.25) is 0 Å². The molecule has 2 bridgehead atoms. The van der Waals surface area contributed by atoms with Crippen LogP contribution in [-0.4, -0.2) is 101 Å². The number of fused-ring (bicyclic) bond motifs is 2. The second-order valence-corrected chi connectivity index (χ2v) is 13.9. The molecular formula is C30H40N6O4S. The fourth-order valence-corrected chi connectivity index (χ4v) is 9.58. The number of likely N-dealkylation sites (tertiary alicyclic amines) is 1. The molecule has 0 saturated carbocycles. The fraction of sp³-hybridized carbons (Fsp3) is 0.567. The van der Waals surface area contributed by atoms with Crippen LogP contribution in [0, 0.1) is 17.8 Å². The SMILES string of the molecule is C=CCN(C)C(=O)[C@H]1[C@H]2C(=O)N([C@@H](CO)C(C)C)C(C(=O)N(CC=C)Cn3nnc4ccccc43)C23CC[C@]1(C)S3. The standard InChI is InChI=1S/C30H40N6O4S/c1-7-15-33(6)26(38)23-24-27(39)36(22(17-37)19(3)4)25(30(24)14-13-29(23,5)41-30)28(40)34(16-8-2)18-35-21-12-10-9-11-20(21)31-32-35/h7-12,19,22-25,37H,1-2,13-18H2,3-6H3/t22-,23+,24-,25?,29-,30?/m0/s1. The summed E-state index contributed by atoms with van der Waals surface area (Å²) in [5.41, 5.74) is 1.51. The summed E-state index contributed by atoms with van der Waals surface area (Å²) in [7, 11) is 1.73. The number of carbonyl (C=O) groups excluding carboxylic acids is 3. The number of para-hydroxylation sites is 1. The predicted octanol–water partition coefficient (Wildman–Crippen LogP) is 2.55. The smallest absolute Gasteiger partial charge is 0.248 e. The number of nitrogens with zero attached hydrogens (tertiary/aromatic N) is 6. The van der Waals surface area contributed by atoms with Gasteiger partial charge < -0.3 is 19.8 Å². The van der Waals surface area contributed by atoms with Gasteiger partial charge >= 0.3 is 0 Å². The topological polar surface area (TPSA) is 112 Å². The molecule has 41 heavy (non-hydrogen) atoms. The molecule has 4 heterocycles. The second kappa shape index (κ2) is 10.9. The number of thioether (sulfide) groups is 1. The highest BCUT2D eigenvalue weighted by Gasteiger charge is 2.78. The third kappa shape index (κ3) is 4.48. The van der Waals surface area contributed by atoms with E-state index >= 15 is 0 Å².